The predicted octanol–water partition coefficient (Wildman–Crippen LogP) is 1.27. The minimum absolute atomic E-state index is 0.106. The molecule has 0 saturated heterocycles. The topological polar surface area (TPSA) is 75.1 Å². The molecule has 0 saturated carbocycles. The van der Waals surface area contributed by atoms with Gasteiger partial charge < -0.3 is 10.4 Å². The molecule has 1 heterocycles. The molecule has 1 amide bonds. The van der Waals surface area contributed by atoms with Crippen LogP contribution in [0.5, 0.6) is 0 Å². The van der Waals surface area contributed by atoms with Crippen LogP contribution < -0.4 is 5.32 Å². The van der Waals surface area contributed by atoms with Gasteiger partial charge in [-0.1, -0.05) is 16.3 Å². The lowest BCUT2D eigenvalue weighted by Gasteiger charge is -2.04. The normalized spacial score (nSPS) is 9.58. The molecule has 1 aromatic heterocycles. The molecule has 0 aliphatic carbocycles. The minimum atomic E-state index is -0.515. The Bertz CT molecular complexity index is 647. The molecule has 2 rings (SSSR count). The number of rotatable bonds is 2. The van der Waals surface area contributed by atoms with Crippen LogP contribution in [0.1, 0.15) is 15.2 Å². The highest BCUT2D eigenvalue weighted by atomic mass is 32.1. The fourth-order valence-corrected chi connectivity index (χ4v) is 1.70. The summed E-state index contributed by atoms with van der Waals surface area (Å²) in [4.78, 5) is 12.1. The molecule has 0 atom stereocenters. The van der Waals surface area contributed by atoms with E-state index in [1.807, 2.05) is 0 Å². The Labute approximate surface area is 112 Å². The molecule has 5 nitrogen and oxygen atoms in total. The Balaban J connectivity index is 2.19. The van der Waals surface area contributed by atoms with E-state index < -0.39 is 5.82 Å². The number of carbonyl (C=O) groups excluding carboxylic acids is 1. The third-order valence-corrected chi connectivity index (χ3v) is 2.77. The lowest BCUT2D eigenvalue weighted by atomic mass is 10.2. The van der Waals surface area contributed by atoms with Crippen molar-refractivity contribution in [2.45, 2.75) is 0 Å². The average molecular weight is 277 g/mol. The summed E-state index contributed by atoms with van der Waals surface area (Å²) in [6.07, 6.45) is 1.34. The van der Waals surface area contributed by atoms with E-state index in [9.17, 15) is 9.18 Å². The minimum Gasteiger partial charge on any atom is -0.384 e. The number of nitrogens with one attached hydrogen (secondary N) is 1. The molecule has 2 N–H and O–H groups in total. The summed E-state index contributed by atoms with van der Waals surface area (Å²) in [7, 11) is 0. The van der Waals surface area contributed by atoms with Crippen molar-refractivity contribution in [2.24, 2.45) is 0 Å². The molecule has 0 fully saturated rings. The van der Waals surface area contributed by atoms with Crippen molar-refractivity contribution < 1.29 is 14.3 Å². The predicted molar refractivity (Wildman–Crippen MR) is 68.2 cm³/mol. The molecule has 19 heavy (non-hydrogen) atoms. The molecule has 7 heteroatoms. The molecule has 0 unspecified atom stereocenters. The van der Waals surface area contributed by atoms with Gasteiger partial charge in [0.25, 0.3) is 5.91 Å². The second kappa shape index (κ2) is 6.04. The number of hydrogen-bond donors (Lipinski definition) is 2. The van der Waals surface area contributed by atoms with Crippen molar-refractivity contribution in [2.75, 3.05) is 11.9 Å². The summed E-state index contributed by atoms with van der Waals surface area (Å²) in [6.45, 7) is -0.359. The van der Waals surface area contributed by atoms with E-state index >= 15 is 0 Å². The van der Waals surface area contributed by atoms with Crippen LogP contribution in [-0.2, 0) is 0 Å². The van der Waals surface area contributed by atoms with E-state index in [1.54, 1.807) is 0 Å². The van der Waals surface area contributed by atoms with Gasteiger partial charge in [-0.15, -0.1) is 5.10 Å². The molecule has 0 radical (unpaired) electrons. The highest BCUT2D eigenvalue weighted by Gasteiger charge is 2.09. The number of hydrogen-bond acceptors (Lipinski definition) is 5. The Morgan fingerprint density at radius 1 is 1.53 bits per heavy atom. The van der Waals surface area contributed by atoms with Gasteiger partial charge in [0.1, 0.15) is 17.3 Å². The van der Waals surface area contributed by atoms with E-state index in [-0.39, 0.29) is 18.1 Å². The first-order chi connectivity index (χ1) is 9.20. The number of halogens is 1. The van der Waals surface area contributed by atoms with Gasteiger partial charge in [-0.05, 0) is 29.7 Å². The third-order valence-electron chi connectivity index (χ3n) is 2.11. The van der Waals surface area contributed by atoms with Crippen molar-refractivity contribution >= 4 is 23.1 Å². The Hall–Kier alpha value is -2.30. The van der Waals surface area contributed by atoms with Crippen LogP contribution in [0.4, 0.5) is 10.1 Å². The molecule has 0 spiro atoms. The first-order valence-electron chi connectivity index (χ1n) is 5.18. The SMILES string of the molecule is O=C(Nc1ccc(F)c(C#CCO)c1)c1cnns1. The summed E-state index contributed by atoms with van der Waals surface area (Å²) < 4.78 is 17.0. The zero-order valence-electron chi connectivity index (χ0n) is 9.55. The van der Waals surface area contributed by atoms with E-state index in [2.05, 4.69) is 26.7 Å². The van der Waals surface area contributed by atoms with Crippen molar-refractivity contribution in [1.82, 2.24) is 9.59 Å². The molecule has 0 aliphatic rings. The lowest BCUT2D eigenvalue weighted by Crippen LogP contribution is -2.10. The van der Waals surface area contributed by atoms with Gasteiger partial charge in [0.05, 0.1) is 11.8 Å². The summed E-state index contributed by atoms with van der Waals surface area (Å²) in [5.41, 5.74) is 0.510. The highest BCUT2D eigenvalue weighted by molar-refractivity contribution is 7.07. The molecule has 2 aromatic rings. The maximum absolute atomic E-state index is 13.4. The van der Waals surface area contributed by atoms with Crippen LogP contribution >= 0.6 is 11.5 Å². The van der Waals surface area contributed by atoms with Crippen molar-refractivity contribution in [3.8, 4) is 11.8 Å². The van der Waals surface area contributed by atoms with Gasteiger partial charge >= 0.3 is 0 Å². The second-order valence-electron chi connectivity index (χ2n) is 3.39. The summed E-state index contributed by atoms with van der Waals surface area (Å²) in [6, 6.07) is 4.01. The van der Waals surface area contributed by atoms with Crippen LogP contribution in [0.15, 0.2) is 24.4 Å². The average Bonchev–Trinajstić information content (AvgIpc) is 2.93. The zero-order valence-corrected chi connectivity index (χ0v) is 10.4. The Morgan fingerprint density at radius 2 is 2.37 bits per heavy atom. The van der Waals surface area contributed by atoms with Crippen molar-refractivity contribution in [1.29, 1.82) is 0 Å². The standard InChI is InChI=1S/C12H8FN3O2S/c13-10-4-3-9(6-8(10)2-1-5-17)15-12(18)11-7-14-16-19-11/h3-4,6-7,17H,5H2,(H,15,18). The molecule has 1 aromatic carbocycles. The Morgan fingerprint density at radius 3 is 3.05 bits per heavy atom. The summed E-state index contributed by atoms with van der Waals surface area (Å²) in [5.74, 6) is 3.92. The van der Waals surface area contributed by atoms with Gasteiger partial charge in [-0.25, -0.2) is 4.39 Å². The van der Waals surface area contributed by atoms with Crippen LogP contribution in [0.3, 0.4) is 0 Å². The van der Waals surface area contributed by atoms with E-state index in [1.165, 1.54) is 24.4 Å². The molecular weight excluding hydrogens is 269 g/mol. The van der Waals surface area contributed by atoms with Crippen LogP contribution in [0.25, 0.3) is 0 Å². The van der Waals surface area contributed by atoms with Crippen LogP contribution in [0, 0.1) is 17.7 Å². The van der Waals surface area contributed by atoms with Gasteiger partial charge in [-0.2, -0.15) is 0 Å². The summed E-state index contributed by atoms with van der Waals surface area (Å²) >= 11 is 0.963. The lowest BCUT2D eigenvalue weighted by molar-refractivity contribution is 0.103. The third kappa shape index (κ3) is 3.34. The fraction of sp³-hybridized carbons (Fsp3) is 0.0833. The first kappa shape index (κ1) is 13.1. The fourth-order valence-electron chi connectivity index (χ4n) is 1.29. The highest BCUT2D eigenvalue weighted by Crippen LogP contribution is 2.15. The largest absolute Gasteiger partial charge is 0.384 e. The number of carbonyl (C=O) groups is 1. The molecular formula is C12H8FN3O2S. The van der Waals surface area contributed by atoms with Gasteiger partial charge in [0.2, 0.25) is 0 Å². The van der Waals surface area contributed by atoms with Crippen molar-refractivity contribution in [3.63, 3.8) is 0 Å². The summed E-state index contributed by atoms with van der Waals surface area (Å²) in [5, 5.41) is 14.7. The van der Waals surface area contributed by atoms with Gasteiger partial charge in [-0.3, -0.25) is 4.79 Å². The second-order valence-corrected chi connectivity index (χ2v) is 4.18. The Kier molecular flexibility index (Phi) is 4.18. The van der Waals surface area contributed by atoms with E-state index in [4.69, 9.17) is 5.11 Å². The number of aliphatic hydroxyl groups is 1. The van der Waals surface area contributed by atoms with E-state index in [0.717, 1.165) is 11.5 Å². The first-order valence-corrected chi connectivity index (χ1v) is 5.96. The quantitative estimate of drug-likeness (QED) is 0.811. The maximum atomic E-state index is 13.4. The number of nitrogens with zero attached hydrogens (tertiary/aromatic N) is 2. The van der Waals surface area contributed by atoms with Crippen molar-refractivity contribution in [3.05, 3.63) is 40.7 Å². The maximum Gasteiger partial charge on any atom is 0.269 e. The molecule has 0 bridgehead atoms. The number of amides is 1. The monoisotopic (exact) mass is 277 g/mol. The van der Waals surface area contributed by atoms with E-state index in [0.29, 0.717) is 10.6 Å². The van der Waals surface area contributed by atoms with Crippen LogP contribution in [0.2, 0.25) is 0 Å². The number of benzene rings is 1. The molecule has 0 aliphatic heterocycles. The van der Waals surface area contributed by atoms with Crippen LogP contribution in [-0.4, -0.2) is 27.2 Å². The smallest absolute Gasteiger partial charge is 0.269 e. The van der Waals surface area contributed by atoms with Gasteiger partial charge in [0, 0.05) is 5.69 Å². The molecule has 96 valence electrons. The zero-order chi connectivity index (χ0) is 13.7. The number of aromatic nitrogens is 2. The van der Waals surface area contributed by atoms with Gasteiger partial charge in [0.15, 0.2) is 0 Å². The number of aliphatic hydroxyl groups excluding tert-OH is 1. The number of anilines is 1.